The van der Waals surface area contributed by atoms with E-state index in [-0.39, 0.29) is 5.41 Å². The molecule has 3 heteroatoms. The van der Waals surface area contributed by atoms with Crippen molar-refractivity contribution in [2.75, 3.05) is 24.3 Å². The maximum Gasteiger partial charge on any atom is 0.0446 e. The molecule has 1 nitrogen and oxygen atoms in total. The predicted octanol–water partition coefficient (Wildman–Crippen LogP) is 4.09. The summed E-state index contributed by atoms with van der Waals surface area (Å²) in [6, 6.07) is 9.68. The van der Waals surface area contributed by atoms with Gasteiger partial charge in [0.15, 0.2) is 0 Å². The number of hydrogen-bond donors (Lipinski definition) is 1. The lowest BCUT2D eigenvalue weighted by Crippen LogP contribution is -2.31. The molecule has 1 aromatic carbocycles. The molecule has 0 saturated carbocycles. The van der Waals surface area contributed by atoms with E-state index in [2.05, 4.69) is 80.9 Å². The highest BCUT2D eigenvalue weighted by atomic mass is 32.2. The summed E-state index contributed by atoms with van der Waals surface area (Å²) in [5.74, 6) is 3.85. The zero-order chi connectivity index (χ0) is 13.9. The van der Waals surface area contributed by atoms with E-state index >= 15 is 0 Å². The highest BCUT2D eigenvalue weighted by Crippen LogP contribution is 2.34. The van der Waals surface area contributed by atoms with Gasteiger partial charge < -0.3 is 5.32 Å². The lowest BCUT2D eigenvalue weighted by atomic mass is 9.86. The minimum atomic E-state index is 0.239. The van der Waals surface area contributed by atoms with Crippen LogP contribution in [0.5, 0.6) is 0 Å². The van der Waals surface area contributed by atoms with Crippen molar-refractivity contribution in [3.8, 4) is 0 Å². The van der Waals surface area contributed by atoms with E-state index in [1.165, 1.54) is 28.4 Å². The van der Waals surface area contributed by atoms with E-state index in [9.17, 15) is 0 Å². The third kappa shape index (κ3) is 3.93. The van der Waals surface area contributed by atoms with Crippen LogP contribution in [0.15, 0.2) is 24.3 Å². The standard InChI is InChI=1S/C16H25NS2/c1-16(2,3)13-7-5-12(6-8-13)15(17-4)14-11-18-9-10-19-14/h5-8,14-15,17H,9-11H2,1-4H3. The first-order valence-corrected chi connectivity index (χ1v) is 9.20. The van der Waals surface area contributed by atoms with E-state index in [0.29, 0.717) is 11.3 Å². The van der Waals surface area contributed by atoms with Gasteiger partial charge in [-0.15, -0.1) is 0 Å². The lowest BCUT2D eigenvalue weighted by molar-refractivity contribution is 0.580. The topological polar surface area (TPSA) is 12.0 Å². The fourth-order valence-corrected chi connectivity index (χ4v) is 5.37. The van der Waals surface area contributed by atoms with Crippen LogP contribution in [0, 0.1) is 0 Å². The summed E-state index contributed by atoms with van der Waals surface area (Å²) in [7, 11) is 2.09. The van der Waals surface area contributed by atoms with Crippen molar-refractivity contribution in [3.63, 3.8) is 0 Å². The number of benzene rings is 1. The zero-order valence-corrected chi connectivity index (χ0v) is 14.0. The van der Waals surface area contributed by atoms with Gasteiger partial charge in [0.05, 0.1) is 0 Å². The van der Waals surface area contributed by atoms with Gasteiger partial charge in [-0.1, -0.05) is 45.0 Å². The molecule has 19 heavy (non-hydrogen) atoms. The quantitative estimate of drug-likeness (QED) is 0.902. The molecular weight excluding hydrogens is 270 g/mol. The van der Waals surface area contributed by atoms with Crippen molar-refractivity contribution in [2.24, 2.45) is 0 Å². The first-order valence-electron chi connectivity index (χ1n) is 6.99. The maximum atomic E-state index is 3.51. The number of hydrogen-bond acceptors (Lipinski definition) is 3. The van der Waals surface area contributed by atoms with E-state index in [1.807, 2.05) is 0 Å². The molecule has 0 aromatic heterocycles. The molecule has 2 rings (SSSR count). The van der Waals surface area contributed by atoms with Gasteiger partial charge in [0, 0.05) is 28.6 Å². The highest BCUT2D eigenvalue weighted by molar-refractivity contribution is 8.06. The molecule has 0 aliphatic carbocycles. The van der Waals surface area contributed by atoms with E-state index in [1.54, 1.807) is 0 Å². The van der Waals surface area contributed by atoms with Crippen LogP contribution in [0.2, 0.25) is 0 Å². The van der Waals surface area contributed by atoms with Gasteiger partial charge in [0.25, 0.3) is 0 Å². The third-order valence-electron chi connectivity index (χ3n) is 3.66. The lowest BCUT2D eigenvalue weighted by Gasteiger charge is -2.30. The Morgan fingerprint density at radius 3 is 2.32 bits per heavy atom. The van der Waals surface area contributed by atoms with Crippen LogP contribution >= 0.6 is 23.5 Å². The Kier molecular flexibility index (Phi) is 5.27. The van der Waals surface area contributed by atoms with Crippen molar-refractivity contribution in [1.82, 2.24) is 5.32 Å². The van der Waals surface area contributed by atoms with Crippen molar-refractivity contribution < 1.29 is 0 Å². The van der Waals surface area contributed by atoms with E-state index in [0.717, 1.165) is 0 Å². The molecule has 2 unspecified atom stereocenters. The molecular formula is C16H25NS2. The first-order chi connectivity index (χ1) is 9.02. The van der Waals surface area contributed by atoms with Crippen LogP contribution in [0.3, 0.4) is 0 Å². The van der Waals surface area contributed by atoms with Crippen LogP contribution < -0.4 is 5.32 Å². The van der Waals surface area contributed by atoms with E-state index in [4.69, 9.17) is 0 Å². The summed E-state index contributed by atoms with van der Waals surface area (Å²) in [6.07, 6.45) is 0. The summed E-state index contributed by atoms with van der Waals surface area (Å²) in [6.45, 7) is 6.81. The Balaban J connectivity index is 2.14. The largest absolute Gasteiger partial charge is 0.312 e. The van der Waals surface area contributed by atoms with Gasteiger partial charge in [-0.05, 0) is 23.6 Å². The number of rotatable bonds is 3. The van der Waals surface area contributed by atoms with Crippen molar-refractivity contribution in [1.29, 1.82) is 0 Å². The van der Waals surface area contributed by atoms with Gasteiger partial charge in [0.1, 0.15) is 0 Å². The molecule has 0 bridgehead atoms. The fourth-order valence-electron chi connectivity index (χ4n) is 2.46. The Morgan fingerprint density at radius 1 is 1.16 bits per heavy atom. The number of thioether (sulfide) groups is 2. The smallest absolute Gasteiger partial charge is 0.0446 e. The molecule has 1 aliphatic rings. The monoisotopic (exact) mass is 295 g/mol. The minimum absolute atomic E-state index is 0.239. The molecule has 2 atom stereocenters. The van der Waals surface area contributed by atoms with Gasteiger partial charge in [-0.25, -0.2) is 0 Å². The zero-order valence-electron chi connectivity index (χ0n) is 12.4. The molecule has 0 amide bonds. The third-order valence-corrected chi connectivity index (χ3v) is 6.52. The van der Waals surface area contributed by atoms with Crippen LogP contribution in [0.1, 0.15) is 37.9 Å². The SMILES string of the molecule is CNC(c1ccc(C(C)(C)C)cc1)C1CSCCS1. The molecule has 1 fully saturated rings. The maximum absolute atomic E-state index is 3.51. The average Bonchev–Trinajstić information content (AvgIpc) is 2.40. The van der Waals surface area contributed by atoms with Crippen molar-refractivity contribution in [3.05, 3.63) is 35.4 Å². The molecule has 0 radical (unpaired) electrons. The second-order valence-electron chi connectivity index (χ2n) is 6.12. The minimum Gasteiger partial charge on any atom is -0.312 e. The molecule has 1 heterocycles. The van der Waals surface area contributed by atoms with Gasteiger partial charge in [-0.3, -0.25) is 0 Å². The van der Waals surface area contributed by atoms with Crippen molar-refractivity contribution in [2.45, 2.75) is 37.5 Å². The van der Waals surface area contributed by atoms with Crippen LogP contribution in [-0.2, 0) is 5.41 Å². The van der Waals surface area contributed by atoms with Gasteiger partial charge in [-0.2, -0.15) is 23.5 Å². The average molecular weight is 296 g/mol. The summed E-state index contributed by atoms with van der Waals surface area (Å²) in [5.41, 5.74) is 3.08. The Hall–Kier alpha value is -0.120. The molecule has 106 valence electrons. The normalized spacial score (nSPS) is 22.2. The molecule has 1 aromatic rings. The highest BCUT2D eigenvalue weighted by Gasteiger charge is 2.25. The summed E-state index contributed by atoms with van der Waals surface area (Å²) in [5, 5.41) is 4.21. The van der Waals surface area contributed by atoms with Gasteiger partial charge >= 0.3 is 0 Å². The van der Waals surface area contributed by atoms with Crippen molar-refractivity contribution >= 4 is 23.5 Å². The van der Waals surface area contributed by atoms with Gasteiger partial charge in [0.2, 0.25) is 0 Å². The van der Waals surface area contributed by atoms with Crippen LogP contribution in [0.25, 0.3) is 0 Å². The summed E-state index contributed by atoms with van der Waals surface area (Å²) < 4.78 is 0. The Bertz CT molecular complexity index is 388. The second-order valence-corrected chi connectivity index (χ2v) is 8.62. The Morgan fingerprint density at radius 2 is 1.84 bits per heavy atom. The number of nitrogens with one attached hydrogen (secondary N) is 1. The molecule has 1 N–H and O–H groups in total. The van der Waals surface area contributed by atoms with Crippen LogP contribution in [0.4, 0.5) is 0 Å². The Labute approximate surface area is 126 Å². The second kappa shape index (κ2) is 6.55. The predicted molar refractivity (Wildman–Crippen MR) is 90.5 cm³/mol. The van der Waals surface area contributed by atoms with Crippen LogP contribution in [-0.4, -0.2) is 29.6 Å². The first kappa shape index (κ1) is 15.3. The summed E-state index contributed by atoms with van der Waals surface area (Å²) in [4.78, 5) is 0. The molecule has 1 aliphatic heterocycles. The summed E-state index contributed by atoms with van der Waals surface area (Å²) >= 11 is 4.21. The molecule has 1 saturated heterocycles. The fraction of sp³-hybridized carbons (Fsp3) is 0.625. The molecule has 0 spiro atoms. The van der Waals surface area contributed by atoms with E-state index < -0.39 is 0 Å².